The van der Waals surface area contributed by atoms with E-state index < -0.39 is 10.9 Å². The van der Waals surface area contributed by atoms with E-state index in [1.54, 1.807) is 6.92 Å². The van der Waals surface area contributed by atoms with Gasteiger partial charge in [-0.05, 0) is 26.0 Å². The highest BCUT2D eigenvalue weighted by molar-refractivity contribution is 5.89. The van der Waals surface area contributed by atoms with Gasteiger partial charge in [-0.25, -0.2) is 9.48 Å². The molecule has 0 amide bonds. The number of carbonyl (C=O) groups is 1. The van der Waals surface area contributed by atoms with Crippen molar-refractivity contribution in [2.24, 2.45) is 0 Å². The van der Waals surface area contributed by atoms with Crippen LogP contribution in [0.25, 0.3) is 5.69 Å². The summed E-state index contributed by atoms with van der Waals surface area (Å²) in [5.74, 6) is -0.706. The molecule has 0 aliphatic rings. The van der Waals surface area contributed by atoms with E-state index in [0.717, 1.165) is 4.68 Å². The first-order valence-corrected chi connectivity index (χ1v) is 6.91. The maximum absolute atomic E-state index is 12.0. The van der Waals surface area contributed by atoms with Gasteiger partial charge in [0, 0.05) is 17.7 Å². The predicted molar refractivity (Wildman–Crippen MR) is 81.5 cm³/mol. The predicted octanol–water partition coefficient (Wildman–Crippen LogP) is 1.62. The lowest BCUT2D eigenvalue weighted by molar-refractivity contribution is -0.384. The number of nitrogens with zero attached hydrogens (tertiary/aromatic N) is 4. The normalized spacial score (nSPS) is 10.0. The van der Waals surface area contributed by atoms with E-state index in [-0.39, 0.29) is 34.6 Å². The second-order valence-corrected chi connectivity index (χ2v) is 4.71. The molecule has 2 aromatic rings. The molecule has 0 fully saturated rings. The highest BCUT2D eigenvalue weighted by Crippen LogP contribution is 2.15. The number of nitro groups is 1. The van der Waals surface area contributed by atoms with Crippen LogP contribution in [-0.2, 0) is 4.74 Å². The van der Waals surface area contributed by atoms with Crippen LogP contribution in [0.15, 0.2) is 24.3 Å². The van der Waals surface area contributed by atoms with Crippen molar-refractivity contribution in [3.05, 3.63) is 56.7 Å². The Morgan fingerprint density at radius 1 is 1.46 bits per heavy atom. The number of aromatic nitrogens is 2. The summed E-state index contributed by atoms with van der Waals surface area (Å²) in [6.07, 6.45) is 0. The van der Waals surface area contributed by atoms with E-state index in [1.807, 2.05) is 6.07 Å². The SMILES string of the molecule is CCOC(=O)c1nn(-c2ccc([N+](=O)[O-])cc2)c(=N)c(C#N)c1C. The molecule has 1 heterocycles. The highest BCUT2D eigenvalue weighted by Gasteiger charge is 2.19. The maximum atomic E-state index is 12.0. The number of nitrogens with one attached hydrogen (secondary N) is 1. The number of rotatable bonds is 4. The van der Waals surface area contributed by atoms with Gasteiger partial charge >= 0.3 is 5.97 Å². The summed E-state index contributed by atoms with van der Waals surface area (Å²) in [5, 5.41) is 32.2. The molecule has 0 unspecified atom stereocenters. The molecule has 0 atom stereocenters. The number of benzene rings is 1. The summed E-state index contributed by atoms with van der Waals surface area (Å²) < 4.78 is 5.99. The van der Waals surface area contributed by atoms with Crippen molar-refractivity contribution in [3.8, 4) is 11.8 Å². The van der Waals surface area contributed by atoms with Crippen LogP contribution >= 0.6 is 0 Å². The minimum Gasteiger partial charge on any atom is -0.461 e. The summed E-state index contributed by atoms with van der Waals surface area (Å²) in [5.41, 5.74) is 0.113. The van der Waals surface area contributed by atoms with Crippen molar-refractivity contribution in [1.82, 2.24) is 9.78 Å². The summed E-state index contributed by atoms with van der Waals surface area (Å²) >= 11 is 0. The third-order valence-electron chi connectivity index (χ3n) is 3.26. The average molecular weight is 327 g/mol. The third-order valence-corrected chi connectivity index (χ3v) is 3.26. The molecule has 9 heteroatoms. The Morgan fingerprint density at radius 2 is 2.08 bits per heavy atom. The van der Waals surface area contributed by atoms with E-state index in [1.165, 1.54) is 31.2 Å². The van der Waals surface area contributed by atoms with Crippen molar-refractivity contribution in [1.29, 1.82) is 10.7 Å². The van der Waals surface area contributed by atoms with Gasteiger partial charge in [0.15, 0.2) is 11.2 Å². The van der Waals surface area contributed by atoms with Gasteiger partial charge in [0.2, 0.25) is 0 Å². The van der Waals surface area contributed by atoms with Crippen molar-refractivity contribution in [2.75, 3.05) is 6.61 Å². The lowest BCUT2D eigenvalue weighted by Crippen LogP contribution is -2.29. The molecular formula is C15H13N5O4. The number of hydrogen-bond acceptors (Lipinski definition) is 7. The van der Waals surface area contributed by atoms with Crippen LogP contribution < -0.4 is 5.49 Å². The number of carbonyl (C=O) groups excluding carboxylic acids is 1. The fourth-order valence-electron chi connectivity index (χ4n) is 2.06. The quantitative estimate of drug-likeness (QED) is 0.515. The number of nitro benzene ring substituents is 1. The summed E-state index contributed by atoms with van der Waals surface area (Å²) in [4.78, 5) is 22.2. The van der Waals surface area contributed by atoms with Crippen LogP contribution in [0.4, 0.5) is 5.69 Å². The zero-order valence-corrected chi connectivity index (χ0v) is 12.9. The first-order valence-electron chi connectivity index (χ1n) is 6.91. The Balaban J connectivity index is 2.68. The molecule has 0 aliphatic carbocycles. The zero-order chi connectivity index (χ0) is 17.9. The van der Waals surface area contributed by atoms with Crippen LogP contribution in [0.5, 0.6) is 0 Å². The summed E-state index contributed by atoms with van der Waals surface area (Å²) in [6.45, 7) is 3.29. The van der Waals surface area contributed by atoms with Crippen LogP contribution in [0, 0.1) is 33.8 Å². The largest absolute Gasteiger partial charge is 0.461 e. The van der Waals surface area contributed by atoms with E-state index in [0.29, 0.717) is 5.69 Å². The van der Waals surface area contributed by atoms with Gasteiger partial charge < -0.3 is 4.74 Å². The summed E-state index contributed by atoms with van der Waals surface area (Å²) in [6, 6.07) is 7.14. The molecule has 0 bridgehead atoms. The molecule has 1 N–H and O–H groups in total. The van der Waals surface area contributed by atoms with E-state index in [9.17, 15) is 20.2 Å². The standard InChI is InChI=1S/C15H13N5O4/c1-3-24-15(21)13-9(2)12(8-16)14(17)19(18-13)10-4-6-11(7-5-10)20(22)23/h4-7,17H,3H2,1-2H3. The van der Waals surface area contributed by atoms with Crippen molar-refractivity contribution in [3.63, 3.8) is 0 Å². The number of nitriles is 1. The van der Waals surface area contributed by atoms with Gasteiger partial charge in [-0.15, -0.1) is 0 Å². The molecule has 0 saturated carbocycles. The second-order valence-electron chi connectivity index (χ2n) is 4.71. The van der Waals surface area contributed by atoms with Gasteiger partial charge in [0.1, 0.15) is 11.6 Å². The maximum Gasteiger partial charge on any atom is 0.359 e. The van der Waals surface area contributed by atoms with Gasteiger partial charge in [-0.1, -0.05) is 0 Å². The van der Waals surface area contributed by atoms with Crippen LogP contribution in [-0.4, -0.2) is 27.3 Å². The Kier molecular flexibility index (Phi) is 4.70. The molecule has 9 nitrogen and oxygen atoms in total. The van der Waals surface area contributed by atoms with Gasteiger partial charge in [0.25, 0.3) is 5.69 Å². The van der Waals surface area contributed by atoms with Crippen molar-refractivity contribution in [2.45, 2.75) is 13.8 Å². The molecule has 24 heavy (non-hydrogen) atoms. The topological polar surface area (TPSA) is 135 Å². The fourth-order valence-corrected chi connectivity index (χ4v) is 2.06. The number of ether oxygens (including phenoxy) is 1. The third kappa shape index (κ3) is 2.98. The van der Waals surface area contributed by atoms with Crippen molar-refractivity contribution >= 4 is 11.7 Å². The lowest BCUT2D eigenvalue weighted by atomic mass is 10.1. The second kappa shape index (κ2) is 6.70. The number of hydrogen-bond donors (Lipinski definition) is 1. The monoisotopic (exact) mass is 327 g/mol. The van der Waals surface area contributed by atoms with Crippen LogP contribution in [0.1, 0.15) is 28.5 Å². The van der Waals surface area contributed by atoms with E-state index in [2.05, 4.69) is 5.10 Å². The van der Waals surface area contributed by atoms with Gasteiger partial charge in [0.05, 0.1) is 17.2 Å². The van der Waals surface area contributed by atoms with Crippen LogP contribution in [0.2, 0.25) is 0 Å². The number of esters is 1. The average Bonchev–Trinajstić information content (AvgIpc) is 2.56. The molecule has 122 valence electrons. The molecule has 0 spiro atoms. The molecule has 1 aromatic carbocycles. The molecule has 1 aromatic heterocycles. The summed E-state index contributed by atoms with van der Waals surface area (Å²) in [7, 11) is 0. The molecule has 2 rings (SSSR count). The van der Waals surface area contributed by atoms with Gasteiger partial charge in [-0.2, -0.15) is 10.4 Å². The molecule has 0 saturated heterocycles. The fraction of sp³-hybridized carbons (Fsp3) is 0.200. The van der Waals surface area contributed by atoms with E-state index >= 15 is 0 Å². The first-order chi connectivity index (χ1) is 11.4. The van der Waals surface area contributed by atoms with E-state index in [4.69, 9.17) is 10.1 Å². The first kappa shape index (κ1) is 16.8. The Labute approximate surface area is 136 Å². The minimum absolute atomic E-state index is 0.0218. The van der Waals surface area contributed by atoms with Crippen LogP contribution in [0.3, 0.4) is 0 Å². The smallest absolute Gasteiger partial charge is 0.359 e. The highest BCUT2D eigenvalue weighted by atomic mass is 16.6. The molecule has 0 aliphatic heterocycles. The van der Waals surface area contributed by atoms with Gasteiger partial charge in [-0.3, -0.25) is 15.5 Å². The molecular weight excluding hydrogens is 314 g/mol. The Hall–Kier alpha value is -3.54. The number of non-ortho nitro benzene ring substituents is 1. The van der Waals surface area contributed by atoms with Crippen molar-refractivity contribution < 1.29 is 14.5 Å². The Bertz CT molecular complexity index is 909. The molecule has 0 radical (unpaired) electrons. The lowest BCUT2D eigenvalue weighted by Gasteiger charge is -2.12. The zero-order valence-electron chi connectivity index (χ0n) is 12.9. The minimum atomic E-state index is -0.706. The Morgan fingerprint density at radius 3 is 2.58 bits per heavy atom.